The number of nitrogens with one attached hydrogen (secondary N) is 1. The Morgan fingerprint density at radius 3 is 2.59 bits per heavy atom. The maximum absolute atomic E-state index is 14.0. The Hall–Kier alpha value is -3.12. The summed E-state index contributed by atoms with van der Waals surface area (Å²) in [6.45, 7) is 3.66. The molecule has 2 unspecified atom stereocenters. The van der Waals surface area contributed by atoms with E-state index < -0.39 is 17.1 Å². The zero-order valence-electron chi connectivity index (χ0n) is 20.8. The Morgan fingerprint density at radius 1 is 1.10 bits per heavy atom. The van der Waals surface area contributed by atoms with Gasteiger partial charge in [0, 0.05) is 34.5 Å². The van der Waals surface area contributed by atoms with Crippen molar-refractivity contribution in [2.24, 2.45) is 5.92 Å². The second-order valence-electron chi connectivity index (χ2n) is 9.56. The minimum Gasteiger partial charge on any atom is -0.483 e. The predicted molar refractivity (Wildman–Crippen MR) is 148 cm³/mol. The number of halogens is 1. The first-order valence-corrected chi connectivity index (χ1v) is 14.5. The number of thioether (sulfide) groups is 1. The molecule has 0 bridgehead atoms. The number of carbonyl (C=O) groups is 3. The minimum absolute atomic E-state index is 0.180. The van der Waals surface area contributed by atoms with Gasteiger partial charge in [-0.1, -0.05) is 52.4 Å². The first-order valence-electron chi connectivity index (χ1n) is 12.4. The van der Waals surface area contributed by atoms with Crippen molar-refractivity contribution in [2.75, 3.05) is 37.8 Å². The zero-order valence-corrected chi connectivity index (χ0v) is 23.2. The van der Waals surface area contributed by atoms with Gasteiger partial charge in [-0.3, -0.25) is 19.2 Å². The highest BCUT2D eigenvalue weighted by Gasteiger charge is 2.56. The number of amides is 3. The van der Waals surface area contributed by atoms with Crippen LogP contribution < -0.4 is 14.5 Å². The van der Waals surface area contributed by atoms with Crippen molar-refractivity contribution in [3.8, 4) is 5.75 Å². The Balaban J connectivity index is 1.39. The number of anilines is 1. The van der Waals surface area contributed by atoms with E-state index in [0.717, 1.165) is 16.9 Å². The standard InChI is InChI=1S/C27H24ClN3O6S2/c1-14-2-5-16(6-3-14)31-25(33)21-20(22-24(29-27(35)39-22)38-23(21)26(31)34)17-12-15(28)4-7-18(17)37-13-19(32)30-8-10-36-11-9-30/h2-7,12,20-21,23H,8-11,13H2,1H3,(H,29,35)/t20-,21?,23?/m1/s1. The van der Waals surface area contributed by atoms with Gasteiger partial charge in [-0.25, -0.2) is 4.90 Å². The molecule has 2 aromatic carbocycles. The van der Waals surface area contributed by atoms with Crippen molar-refractivity contribution < 1.29 is 23.9 Å². The molecule has 0 saturated carbocycles. The maximum atomic E-state index is 14.0. The number of aryl methyl sites for hydroxylation is 1. The summed E-state index contributed by atoms with van der Waals surface area (Å²) in [5, 5.41) is 0.213. The number of benzene rings is 2. The summed E-state index contributed by atoms with van der Waals surface area (Å²) >= 11 is 8.63. The molecule has 2 fully saturated rings. The van der Waals surface area contributed by atoms with Gasteiger partial charge >= 0.3 is 4.87 Å². The molecule has 4 heterocycles. The number of H-pyrrole nitrogens is 1. The summed E-state index contributed by atoms with van der Waals surface area (Å²) < 4.78 is 11.3. The van der Waals surface area contributed by atoms with E-state index >= 15 is 0 Å². The number of carbonyl (C=O) groups excluding carboxylic acids is 3. The second-order valence-corrected chi connectivity index (χ2v) is 12.2. The van der Waals surface area contributed by atoms with Crippen LogP contribution in [0.1, 0.15) is 21.9 Å². The molecule has 3 aliphatic heterocycles. The molecule has 0 spiro atoms. The van der Waals surface area contributed by atoms with Gasteiger partial charge in [-0.2, -0.15) is 0 Å². The van der Waals surface area contributed by atoms with E-state index in [-0.39, 0.29) is 29.2 Å². The molecule has 39 heavy (non-hydrogen) atoms. The number of hydrogen-bond acceptors (Lipinski definition) is 8. The third kappa shape index (κ3) is 4.77. The third-order valence-corrected chi connectivity index (χ3v) is 9.77. The molecule has 3 aliphatic rings. The summed E-state index contributed by atoms with van der Waals surface area (Å²) in [5.74, 6) is -1.96. The quantitative estimate of drug-likeness (QED) is 0.457. The number of hydrogen-bond donors (Lipinski definition) is 1. The van der Waals surface area contributed by atoms with Crippen LogP contribution in [0.4, 0.5) is 5.69 Å². The molecule has 3 atom stereocenters. The molecule has 1 aromatic heterocycles. The molecule has 2 saturated heterocycles. The van der Waals surface area contributed by atoms with Crippen LogP contribution in [0.15, 0.2) is 52.3 Å². The molecule has 9 nitrogen and oxygen atoms in total. The molecule has 202 valence electrons. The van der Waals surface area contributed by atoms with Gasteiger partial charge in [-0.05, 0) is 37.3 Å². The van der Waals surface area contributed by atoms with E-state index in [1.807, 2.05) is 19.1 Å². The van der Waals surface area contributed by atoms with Crippen molar-refractivity contribution in [2.45, 2.75) is 23.1 Å². The fourth-order valence-corrected chi connectivity index (χ4v) is 7.92. The first-order chi connectivity index (χ1) is 18.8. The van der Waals surface area contributed by atoms with Crippen molar-refractivity contribution in [3.05, 3.63) is 73.2 Å². The lowest BCUT2D eigenvalue weighted by Crippen LogP contribution is -2.43. The molecule has 0 aliphatic carbocycles. The SMILES string of the molecule is Cc1ccc(N2C(=O)C3Sc4[nH]c(=O)sc4[C@H](c4cc(Cl)ccc4OCC(=O)N4CCOCC4)C3C2=O)cc1. The molecule has 3 amide bonds. The fourth-order valence-electron chi connectivity index (χ4n) is 5.24. The number of thiazole rings is 1. The highest BCUT2D eigenvalue weighted by molar-refractivity contribution is 8.00. The molecule has 0 radical (unpaired) electrons. The zero-order chi connectivity index (χ0) is 27.3. The van der Waals surface area contributed by atoms with Crippen molar-refractivity contribution >= 4 is 58.1 Å². The van der Waals surface area contributed by atoms with Gasteiger partial charge in [0.25, 0.3) is 5.91 Å². The number of rotatable bonds is 5. The lowest BCUT2D eigenvalue weighted by atomic mass is 9.82. The summed E-state index contributed by atoms with van der Waals surface area (Å²) in [6.07, 6.45) is 0. The maximum Gasteiger partial charge on any atom is 0.305 e. The molecule has 12 heteroatoms. The van der Waals surface area contributed by atoms with Crippen LogP contribution in [0.25, 0.3) is 0 Å². The smallest absolute Gasteiger partial charge is 0.305 e. The van der Waals surface area contributed by atoms with Crippen LogP contribution >= 0.6 is 34.7 Å². The molecule has 6 rings (SSSR count). The topological polar surface area (TPSA) is 109 Å². The minimum atomic E-state index is -0.793. The largest absolute Gasteiger partial charge is 0.483 e. The number of imide groups is 1. The van der Waals surface area contributed by atoms with Crippen LogP contribution in [0.5, 0.6) is 5.75 Å². The van der Waals surface area contributed by atoms with Crippen molar-refractivity contribution in [3.63, 3.8) is 0 Å². The van der Waals surface area contributed by atoms with Gasteiger partial charge in [0.05, 0.1) is 29.8 Å². The number of ether oxygens (including phenoxy) is 2. The monoisotopic (exact) mass is 585 g/mol. The summed E-state index contributed by atoms with van der Waals surface area (Å²) in [5.41, 5.74) is 2.06. The number of nitrogens with zero attached hydrogens (tertiary/aromatic N) is 2. The van der Waals surface area contributed by atoms with Gasteiger partial charge in [0.15, 0.2) is 6.61 Å². The summed E-state index contributed by atoms with van der Waals surface area (Å²) in [7, 11) is 0. The predicted octanol–water partition coefficient (Wildman–Crippen LogP) is 3.43. The van der Waals surface area contributed by atoms with E-state index in [0.29, 0.717) is 58.2 Å². The molecule has 3 aromatic rings. The van der Waals surface area contributed by atoms with Gasteiger partial charge in [0.1, 0.15) is 11.0 Å². The normalized spacial score (nSPS) is 22.6. The lowest BCUT2D eigenvalue weighted by Gasteiger charge is -2.31. The fraction of sp³-hybridized carbons (Fsp3) is 0.333. The van der Waals surface area contributed by atoms with Crippen LogP contribution in [0.3, 0.4) is 0 Å². The lowest BCUT2D eigenvalue weighted by molar-refractivity contribution is -0.137. The Labute approximate surface area is 237 Å². The average molecular weight is 586 g/mol. The molecular formula is C27H24ClN3O6S2. The van der Waals surface area contributed by atoms with E-state index in [1.54, 1.807) is 35.2 Å². The third-order valence-electron chi connectivity index (χ3n) is 7.14. The van der Waals surface area contributed by atoms with Gasteiger partial charge < -0.3 is 19.4 Å². The number of aromatic nitrogens is 1. The van der Waals surface area contributed by atoms with E-state index in [1.165, 1.54) is 16.7 Å². The summed E-state index contributed by atoms with van der Waals surface area (Å²) in [6, 6.07) is 12.2. The van der Waals surface area contributed by atoms with E-state index in [4.69, 9.17) is 21.1 Å². The highest BCUT2D eigenvalue weighted by atomic mass is 35.5. The Bertz CT molecular complexity index is 1510. The number of aromatic amines is 1. The van der Waals surface area contributed by atoms with Crippen LogP contribution in [-0.4, -0.2) is 65.8 Å². The number of morpholine rings is 1. The van der Waals surface area contributed by atoms with Crippen molar-refractivity contribution in [1.29, 1.82) is 0 Å². The van der Waals surface area contributed by atoms with E-state index in [9.17, 15) is 19.2 Å². The van der Waals surface area contributed by atoms with E-state index in [2.05, 4.69) is 4.98 Å². The first kappa shape index (κ1) is 26.1. The van der Waals surface area contributed by atoms with Crippen molar-refractivity contribution in [1.82, 2.24) is 9.88 Å². The Kier molecular flexibility index (Phi) is 7.00. The molecular weight excluding hydrogens is 562 g/mol. The second kappa shape index (κ2) is 10.5. The summed E-state index contributed by atoms with van der Waals surface area (Å²) in [4.78, 5) is 58.9. The van der Waals surface area contributed by atoms with Crippen LogP contribution in [0, 0.1) is 12.8 Å². The highest BCUT2D eigenvalue weighted by Crippen LogP contribution is 2.54. The van der Waals surface area contributed by atoms with Crippen LogP contribution in [0.2, 0.25) is 5.02 Å². The van der Waals surface area contributed by atoms with Crippen LogP contribution in [-0.2, 0) is 19.1 Å². The van der Waals surface area contributed by atoms with Gasteiger partial charge in [0.2, 0.25) is 11.8 Å². The van der Waals surface area contributed by atoms with Gasteiger partial charge in [-0.15, -0.1) is 0 Å². The number of fused-ring (bicyclic) bond motifs is 2. The molecule has 1 N–H and O–H groups in total. The Morgan fingerprint density at radius 2 is 1.85 bits per heavy atom. The average Bonchev–Trinajstić information content (AvgIpc) is 3.43.